The van der Waals surface area contributed by atoms with Gasteiger partial charge in [-0.3, -0.25) is 0 Å². The summed E-state index contributed by atoms with van der Waals surface area (Å²) < 4.78 is 0. The lowest BCUT2D eigenvalue weighted by atomic mass is 9.97. The Labute approximate surface area is 81.3 Å². The molecule has 0 aromatic rings. The molecule has 0 aliphatic heterocycles. The van der Waals surface area contributed by atoms with Crippen LogP contribution < -0.4 is 10.6 Å². The fourth-order valence-corrected chi connectivity index (χ4v) is 0.705. The zero-order chi connectivity index (χ0) is 10.5. The van der Waals surface area contributed by atoms with E-state index < -0.39 is 0 Å². The Hall–Kier alpha value is -0.730. The van der Waals surface area contributed by atoms with Gasteiger partial charge in [-0.25, -0.2) is 4.79 Å². The molecule has 0 aromatic heterocycles. The summed E-state index contributed by atoms with van der Waals surface area (Å²) in [6.07, 6.45) is 0. The maximum atomic E-state index is 11.2. The molecule has 2 N–H and O–H groups in total. The summed E-state index contributed by atoms with van der Waals surface area (Å²) in [6.45, 7) is 11.9. The molecule has 3 nitrogen and oxygen atoms in total. The fraction of sp³-hybridized carbons (Fsp3) is 0.900. The van der Waals surface area contributed by atoms with Crippen LogP contribution in [0.25, 0.3) is 0 Å². The Kier molecular flexibility index (Phi) is 4.81. The van der Waals surface area contributed by atoms with Gasteiger partial charge in [-0.2, -0.15) is 0 Å². The van der Waals surface area contributed by atoms with Gasteiger partial charge in [0, 0.05) is 13.1 Å². The molecule has 0 spiro atoms. The highest BCUT2D eigenvalue weighted by molar-refractivity contribution is 5.73. The van der Waals surface area contributed by atoms with E-state index in [4.69, 9.17) is 0 Å². The largest absolute Gasteiger partial charge is 0.338 e. The van der Waals surface area contributed by atoms with Gasteiger partial charge in [0.25, 0.3) is 0 Å². The Morgan fingerprint density at radius 1 is 1.23 bits per heavy atom. The first-order valence-electron chi connectivity index (χ1n) is 4.83. The van der Waals surface area contributed by atoms with Crippen LogP contribution in [0.3, 0.4) is 0 Å². The van der Waals surface area contributed by atoms with Crippen molar-refractivity contribution in [3.8, 4) is 0 Å². The van der Waals surface area contributed by atoms with Crippen molar-refractivity contribution in [3.63, 3.8) is 0 Å². The molecule has 0 rings (SSSR count). The minimum atomic E-state index is -0.0661. The first-order chi connectivity index (χ1) is 5.81. The molecule has 0 aliphatic rings. The summed E-state index contributed by atoms with van der Waals surface area (Å²) in [6, 6.07) is -0.0661. The topological polar surface area (TPSA) is 41.1 Å². The second-order valence-electron chi connectivity index (χ2n) is 5.02. The molecule has 0 aromatic carbocycles. The number of carbonyl (C=O) groups is 1. The average molecular weight is 186 g/mol. The lowest BCUT2D eigenvalue weighted by molar-refractivity contribution is 0.234. The van der Waals surface area contributed by atoms with Crippen molar-refractivity contribution in [2.75, 3.05) is 13.1 Å². The highest BCUT2D eigenvalue weighted by atomic mass is 16.2. The average Bonchev–Trinajstić information content (AvgIpc) is 1.95. The van der Waals surface area contributed by atoms with Gasteiger partial charge < -0.3 is 10.6 Å². The third-order valence-electron chi connectivity index (χ3n) is 1.45. The van der Waals surface area contributed by atoms with Crippen molar-refractivity contribution < 1.29 is 4.79 Å². The Balaban J connectivity index is 3.53. The maximum absolute atomic E-state index is 11.2. The van der Waals surface area contributed by atoms with Crippen LogP contribution in [0.5, 0.6) is 0 Å². The number of amides is 2. The van der Waals surface area contributed by atoms with Crippen molar-refractivity contribution >= 4 is 6.03 Å². The van der Waals surface area contributed by atoms with E-state index >= 15 is 0 Å². The summed E-state index contributed by atoms with van der Waals surface area (Å²) in [4.78, 5) is 11.2. The Morgan fingerprint density at radius 3 is 2.15 bits per heavy atom. The van der Waals surface area contributed by atoms with E-state index in [1.54, 1.807) is 0 Å². The molecular weight excluding hydrogens is 164 g/mol. The van der Waals surface area contributed by atoms with Gasteiger partial charge in [0.15, 0.2) is 0 Å². The van der Waals surface area contributed by atoms with Crippen LogP contribution in [0.2, 0.25) is 0 Å². The molecule has 2 amide bonds. The van der Waals surface area contributed by atoms with Gasteiger partial charge in [-0.1, -0.05) is 34.6 Å². The third kappa shape index (κ3) is 9.18. The van der Waals surface area contributed by atoms with Gasteiger partial charge in [0.2, 0.25) is 0 Å². The highest BCUT2D eigenvalue weighted by Gasteiger charge is 2.11. The quantitative estimate of drug-likeness (QED) is 0.695. The zero-order valence-electron chi connectivity index (χ0n) is 9.40. The number of rotatable bonds is 3. The summed E-state index contributed by atoms with van der Waals surface area (Å²) >= 11 is 0. The summed E-state index contributed by atoms with van der Waals surface area (Å²) in [5.74, 6) is 0.500. The van der Waals surface area contributed by atoms with Crippen LogP contribution >= 0.6 is 0 Å². The van der Waals surface area contributed by atoms with Crippen LogP contribution in [-0.4, -0.2) is 19.1 Å². The van der Waals surface area contributed by atoms with Gasteiger partial charge in [-0.15, -0.1) is 0 Å². The molecular formula is C10H22N2O. The van der Waals surface area contributed by atoms with E-state index in [2.05, 4.69) is 45.3 Å². The minimum Gasteiger partial charge on any atom is -0.338 e. The van der Waals surface area contributed by atoms with E-state index in [1.807, 2.05) is 0 Å². The van der Waals surface area contributed by atoms with Crippen LogP contribution in [0, 0.1) is 11.3 Å². The smallest absolute Gasteiger partial charge is 0.314 e. The number of nitrogens with one attached hydrogen (secondary N) is 2. The number of hydrogen-bond acceptors (Lipinski definition) is 1. The van der Waals surface area contributed by atoms with E-state index in [9.17, 15) is 4.79 Å². The molecule has 13 heavy (non-hydrogen) atoms. The molecule has 0 saturated carbocycles. The molecule has 0 bridgehead atoms. The van der Waals surface area contributed by atoms with Gasteiger partial charge >= 0.3 is 6.03 Å². The monoisotopic (exact) mass is 186 g/mol. The fourth-order valence-electron chi connectivity index (χ4n) is 0.705. The van der Waals surface area contributed by atoms with Gasteiger partial charge in [-0.05, 0) is 11.3 Å². The molecule has 0 atom stereocenters. The second-order valence-corrected chi connectivity index (χ2v) is 5.02. The molecule has 0 unspecified atom stereocenters. The Morgan fingerprint density at radius 2 is 1.77 bits per heavy atom. The second kappa shape index (κ2) is 5.10. The normalized spacial score (nSPS) is 11.5. The van der Waals surface area contributed by atoms with Crippen LogP contribution in [0.4, 0.5) is 4.79 Å². The molecule has 0 heterocycles. The standard InChI is InChI=1S/C10H22N2O/c1-8(2)6-11-9(13)12-7-10(3,4)5/h8H,6-7H2,1-5H3,(H2,11,12,13). The molecule has 78 valence electrons. The first kappa shape index (κ1) is 12.3. The predicted octanol–water partition coefficient (Wildman–Crippen LogP) is 1.99. The van der Waals surface area contributed by atoms with Gasteiger partial charge in [0.05, 0.1) is 0 Å². The molecule has 0 fully saturated rings. The minimum absolute atomic E-state index is 0.0661. The van der Waals surface area contributed by atoms with E-state index in [0.29, 0.717) is 12.5 Å². The third-order valence-corrected chi connectivity index (χ3v) is 1.45. The van der Waals surface area contributed by atoms with Crippen molar-refractivity contribution in [2.24, 2.45) is 11.3 Å². The van der Waals surface area contributed by atoms with E-state index in [1.165, 1.54) is 0 Å². The van der Waals surface area contributed by atoms with E-state index in [-0.39, 0.29) is 11.4 Å². The van der Waals surface area contributed by atoms with Crippen LogP contribution in [0.15, 0.2) is 0 Å². The summed E-state index contributed by atoms with van der Waals surface area (Å²) in [7, 11) is 0. The number of hydrogen-bond donors (Lipinski definition) is 2. The lowest BCUT2D eigenvalue weighted by Gasteiger charge is -2.19. The molecule has 0 saturated heterocycles. The Bertz CT molecular complexity index is 159. The van der Waals surface area contributed by atoms with Crippen molar-refractivity contribution in [3.05, 3.63) is 0 Å². The number of urea groups is 1. The molecule has 0 aliphatic carbocycles. The predicted molar refractivity (Wildman–Crippen MR) is 55.7 cm³/mol. The maximum Gasteiger partial charge on any atom is 0.314 e. The van der Waals surface area contributed by atoms with Gasteiger partial charge in [0.1, 0.15) is 0 Å². The van der Waals surface area contributed by atoms with Crippen molar-refractivity contribution in [1.82, 2.24) is 10.6 Å². The lowest BCUT2D eigenvalue weighted by Crippen LogP contribution is -2.41. The first-order valence-corrected chi connectivity index (χ1v) is 4.83. The molecule has 3 heteroatoms. The summed E-state index contributed by atoms with van der Waals surface area (Å²) in [5.41, 5.74) is 0.148. The van der Waals surface area contributed by atoms with Crippen LogP contribution in [-0.2, 0) is 0 Å². The van der Waals surface area contributed by atoms with Crippen molar-refractivity contribution in [1.29, 1.82) is 0 Å². The number of carbonyl (C=O) groups excluding carboxylic acids is 1. The SMILES string of the molecule is CC(C)CNC(=O)NCC(C)(C)C. The van der Waals surface area contributed by atoms with Crippen LogP contribution in [0.1, 0.15) is 34.6 Å². The molecule has 0 radical (unpaired) electrons. The summed E-state index contributed by atoms with van der Waals surface area (Å²) in [5, 5.41) is 5.63. The zero-order valence-corrected chi connectivity index (χ0v) is 9.40. The van der Waals surface area contributed by atoms with Crippen molar-refractivity contribution in [2.45, 2.75) is 34.6 Å². The highest BCUT2D eigenvalue weighted by Crippen LogP contribution is 2.09. The van der Waals surface area contributed by atoms with E-state index in [0.717, 1.165) is 6.54 Å².